The van der Waals surface area contributed by atoms with Gasteiger partial charge in [-0.25, -0.2) is 13.8 Å². The van der Waals surface area contributed by atoms with Gasteiger partial charge in [0, 0.05) is 16.3 Å². The molecule has 0 unspecified atom stereocenters. The van der Waals surface area contributed by atoms with Crippen LogP contribution in [0.2, 0.25) is 0 Å². The number of aliphatic carboxylic acids is 1. The number of hydrogen-bond acceptors (Lipinski definition) is 7. The van der Waals surface area contributed by atoms with Crippen molar-refractivity contribution in [1.82, 2.24) is 15.2 Å². The first kappa shape index (κ1) is 26.1. The van der Waals surface area contributed by atoms with Crippen LogP contribution in [0.25, 0.3) is 11.1 Å². The van der Waals surface area contributed by atoms with Crippen LogP contribution in [-0.4, -0.2) is 58.8 Å². The van der Waals surface area contributed by atoms with E-state index >= 15 is 0 Å². The summed E-state index contributed by atoms with van der Waals surface area (Å²) in [6.07, 6.45) is 3.18. The number of carboxylic acids is 1. The zero-order chi connectivity index (χ0) is 25.7. The molecule has 36 heavy (non-hydrogen) atoms. The summed E-state index contributed by atoms with van der Waals surface area (Å²) in [4.78, 5) is 30.8. The average molecular weight is 534 g/mol. The minimum absolute atomic E-state index is 0.130. The molecule has 0 bridgehead atoms. The summed E-state index contributed by atoms with van der Waals surface area (Å²) in [5.74, 6) is -2.69. The van der Waals surface area contributed by atoms with E-state index in [1.54, 1.807) is 35.9 Å². The number of nitrogens with zero attached hydrogens (tertiary/aromatic N) is 2. The first-order valence-electron chi connectivity index (χ1n) is 11.3. The predicted molar refractivity (Wildman–Crippen MR) is 135 cm³/mol. The highest BCUT2D eigenvalue weighted by atomic mass is 32.2. The van der Waals surface area contributed by atoms with Crippen LogP contribution in [0.1, 0.15) is 28.3 Å². The normalized spacial score (nSPS) is 14.0. The second-order valence-corrected chi connectivity index (χ2v) is 10.0. The van der Waals surface area contributed by atoms with Gasteiger partial charge in [-0.15, -0.1) is 23.1 Å². The fourth-order valence-corrected chi connectivity index (χ4v) is 5.35. The average Bonchev–Trinajstić information content (AvgIpc) is 3.37. The maximum absolute atomic E-state index is 13.8. The number of carbonyl (C=O) groups is 2. The first-order chi connectivity index (χ1) is 17.4. The summed E-state index contributed by atoms with van der Waals surface area (Å²) >= 11 is 2.60. The monoisotopic (exact) mass is 533 g/mol. The number of aromatic nitrogens is 1. The number of rotatable bonds is 9. The highest BCUT2D eigenvalue weighted by Crippen LogP contribution is 2.33. The lowest BCUT2D eigenvalue weighted by Crippen LogP contribution is -2.48. The van der Waals surface area contributed by atoms with Crippen LogP contribution in [0.4, 0.5) is 8.78 Å². The SMILES string of the molecule is CSc1cc(F)c(F)cc1-c1ccc(OCc2nc(C(=O)N(CC(=O)O)C3CCNCC3)cs2)cc1. The Morgan fingerprint density at radius 2 is 1.89 bits per heavy atom. The van der Waals surface area contributed by atoms with Crippen LogP contribution in [0.15, 0.2) is 46.7 Å². The molecule has 190 valence electrons. The van der Waals surface area contributed by atoms with E-state index in [2.05, 4.69) is 10.3 Å². The van der Waals surface area contributed by atoms with Crippen molar-refractivity contribution in [3.05, 3.63) is 64.1 Å². The Kier molecular flexibility index (Phi) is 8.55. The van der Waals surface area contributed by atoms with Crippen molar-refractivity contribution >= 4 is 35.0 Å². The summed E-state index contributed by atoms with van der Waals surface area (Å²) in [5.41, 5.74) is 1.52. The molecule has 0 spiro atoms. The molecular formula is C25H25F2N3O4S2. The lowest BCUT2D eigenvalue weighted by atomic mass is 10.0. The molecule has 0 aliphatic carbocycles. The van der Waals surface area contributed by atoms with Gasteiger partial charge >= 0.3 is 5.97 Å². The molecule has 1 fully saturated rings. The molecule has 3 aromatic rings. The Balaban J connectivity index is 1.41. The van der Waals surface area contributed by atoms with Crippen LogP contribution >= 0.6 is 23.1 Å². The molecule has 1 aromatic heterocycles. The lowest BCUT2D eigenvalue weighted by Gasteiger charge is -2.33. The van der Waals surface area contributed by atoms with E-state index in [4.69, 9.17) is 4.74 Å². The standard InChI is InChI=1S/C25H25F2N3O4S2/c1-35-22-11-20(27)19(26)10-18(22)15-2-4-17(5-3-15)34-13-23-29-21(14-36-23)25(33)30(12-24(31)32)16-6-8-28-9-7-16/h2-5,10-11,14,16,28H,6-9,12-13H2,1H3,(H,31,32). The number of hydrogen-bond donors (Lipinski definition) is 2. The van der Waals surface area contributed by atoms with Gasteiger partial charge in [0.1, 0.15) is 29.6 Å². The minimum Gasteiger partial charge on any atom is -0.486 e. The van der Waals surface area contributed by atoms with Crippen molar-refractivity contribution in [2.24, 2.45) is 0 Å². The van der Waals surface area contributed by atoms with Crippen molar-refractivity contribution in [1.29, 1.82) is 0 Å². The minimum atomic E-state index is -1.06. The smallest absolute Gasteiger partial charge is 0.323 e. The van der Waals surface area contributed by atoms with Crippen molar-refractivity contribution in [3.8, 4) is 16.9 Å². The summed E-state index contributed by atoms with van der Waals surface area (Å²) in [6, 6.07) is 9.21. The maximum atomic E-state index is 13.8. The number of benzene rings is 2. The van der Waals surface area contributed by atoms with Crippen LogP contribution in [0, 0.1) is 11.6 Å². The highest BCUT2D eigenvalue weighted by Gasteiger charge is 2.29. The second-order valence-electron chi connectivity index (χ2n) is 8.21. The molecule has 1 aliphatic rings. The molecule has 1 aliphatic heterocycles. The molecule has 2 N–H and O–H groups in total. The van der Waals surface area contributed by atoms with E-state index in [9.17, 15) is 23.5 Å². The zero-order valence-corrected chi connectivity index (χ0v) is 21.1. The van der Waals surface area contributed by atoms with Gasteiger partial charge in [0.25, 0.3) is 5.91 Å². The Labute approximate surface area is 215 Å². The van der Waals surface area contributed by atoms with Crippen LogP contribution in [0.3, 0.4) is 0 Å². The molecule has 1 amide bonds. The van der Waals surface area contributed by atoms with Gasteiger partial charge in [-0.3, -0.25) is 9.59 Å². The van der Waals surface area contributed by atoms with Crippen molar-refractivity contribution in [3.63, 3.8) is 0 Å². The Morgan fingerprint density at radius 3 is 2.56 bits per heavy atom. The molecule has 0 saturated carbocycles. The van der Waals surface area contributed by atoms with E-state index in [0.29, 0.717) is 34.1 Å². The molecule has 2 aromatic carbocycles. The van der Waals surface area contributed by atoms with Gasteiger partial charge < -0.3 is 20.1 Å². The number of amides is 1. The fourth-order valence-electron chi connectivity index (χ4n) is 4.05. The zero-order valence-electron chi connectivity index (χ0n) is 19.5. The second kappa shape index (κ2) is 11.8. The summed E-state index contributed by atoms with van der Waals surface area (Å²) in [5, 5.41) is 14.7. The quantitative estimate of drug-likeness (QED) is 0.386. The molecule has 4 rings (SSSR count). The number of nitrogens with one attached hydrogen (secondary N) is 1. The first-order valence-corrected chi connectivity index (χ1v) is 13.4. The summed E-state index contributed by atoms with van der Waals surface area (Å²) in [6.45, 7) is 1.23. The number of carboxylic acid groups (broad SMARTS) is 1. The Hall–Kier alpha value is -3.02. The number of ether oxygens (including phenoxy) is 1. The van der Waals surface area contributed by atoms with Crippen LogP contribution < -0.4 is 10.1 Å². The number of thioether (sulfide) groups is 1. The third kappa shape index (κ3) is 6.21. The van der Waals surface area contributed by atoms with Crippen LogP contribution in [0.5, 0.6) is 5.75 Å². The Morgan fingerprint density at radius 1 is 1.19 bits per heavy atom. The third-order valence-electron chi connectivity index (χ3n) is 5.86. The van der Waals surface area contributed by atoms with Gasteiger partial charge in [0.15, 0.2) is 11.6 Å². The van der Waals surface area contributed by atoms with E-state index in [1.807, 2.05) is 0 Å². The largest absolute Gasteiger partial charge is 0.486 e. The fraction of sp³-hybridized carbons (Fsp3) is 0.320. The van der Waals surface area contributed by atoms with E-state index in [-0.39, 0.29) is 24.9 Å². The molecule has 1 saturated heterocycles. The molecule has 0 radical (unpaired) electrons. The number of thiazole rings is 1. The van der Waals surface area contributed by atoms with Gasteiger partial charge in [0.2, 0.25) is 0 Å². The van der Waals surface area contributed by atoms with E-state index in [0.717, 1.165) is 18.7 Å². The maximum Gasteiger partial charge on any atom is 0.323 e. The van der Waals surface area contributed by atoms with Crippen molar-refractivity contribution in [2.75, 3.05) is 25.9 Å². The molecule has 0 atom stereocenters. The molecule has 7 nitrogen and oxygen atoms in total. The summed E-state index contributed by atoms with van der Waals surface area (Å²) < 4.78 is 33.1. The summed E-state index contributed by atoms with van der Waals surface area (Å²) in [7, 11) is 0. The number of carbonyl (C=O) groups excluding carboxylic acids is 1. The van der Waals surface area contributed by atoms with Crippen molar-refractivity contribution in [2.45, 2.75) is 30.4 Å². The Bertz CT molecular complexity index is 1230. The third-order valence-corrected chi connectivity index (χ3v) is 7.46. The van der Waals surface area contributed by atoms with E-state index in [1.165, 1.54) is 40.1 Å². The van der Waals surface area contributed by atoms with E-state index < -0.39 is 23.5 Å². The topological polar surface area (TPSA) is 91.8 Å². The molecule has 2 heterocycles. The lowest BCUT2D eigenvalue weighted by molar-refractivity contribution is -0.138. The highest BCUT2D eigenvalue weighted by molar-refractivity contribution is 7.98. The molecule has 11 heteroatoms. The predicted octanol–water partition coefficient (Wildman–Crippen LogP) is 4.67. The van der Waals surface area contributed by atoms with Crippen molar-refractivity contribution < 1.29 is 28.2 Å². The van der Waals surface area contributed by atoms with Crippen LogP contribution in [-0.2, 0) is 11.4 Å². The van der Waals surface area contributed by atoms with Gasteiger partial charge in [-0.05, 0) is 67.6 Å². The van der Waals surface area contributed by atoms with Gasteiger partial charge in [-0.1, -0.05) is 12.1 Å². The number of piperidine rings is 1. The number of halogens is 2. The van der Waals surface area contributed by atoms with Gasteiger partial charge in [-0.2, -0.15) is 0 Å². The van der Waals surface area contributed by atoms with Gasteiger partial charge in [0.05, 0.1) is 0 Å². The molecular weight excluding hydrogens is 508 g/mol.